The van der Waals surface area contributed by atoms with Crippen molar-refractivity contribution in [1.82, 2.24) is 5.32 Å². The second-order valence-electron chi connectivity index (χ2n) is 4.46. The van der Waals surface area contributed by atoms with Crippen LogP contribution in [0.15, 0.2) is 18.2 Å². The van der Waals surface area contributed by atoms with E-state index in [1.54, 1.807) is 0 Å². The maximum absolute atomic E-state index is 11.6. The number of amides is 1. The van der Waals surface area contributed by atoms with Crippen molar-refractivity contribution >= 4 is 5.91 Å². The van der Waals surface area contributed by atoms with E-state index in [4.69, 9.17) is 0 Å². The van der Waals surface area contributed by atoms with Gasteiger partial charge in [0.25, 0.3) is 5.91 Å². The third-order valence-electron chi connectivity index (χ3n) is 3.49. The molecule has 3 rings (SSSR count). The molecule has 1 spiro atoms. The van der Waals surface area contributed by atoms with E-state index in [9.17, 15) is 4.79 Å². The van der Waals surface area contributed by atoms with Gasteiger partial charge in [-0.2, -0.15) is 0 Å². The average molecular weight is 187 g/mol. The zero-order valence-corrected chi connectivity index (χ0v) is 8.26. The van der Waals surface area contributed by atoms with Crippen LogP contribution in [0.2, 0.25) is 0 Å². The van der Waals surface area contributed by atoms with Crippen LogP contribution in [0.5, 0.6) is 0 Å². The minimum atomic E-state index is 0.0984. The van der Waals surface area contributed by atoms with E-state index < -0.39 is 0 Å². The lowest BCUT2D eigenvalue weighted by molar-refractivity contribution is 0.0937. The van der Waals surface area contributed by atoms with Crippen molar-refractivity contribution in [1.29, 1.82) is 0 Å². The SMILES string of the molecule is Cc1cccc2c1C1(CC1)CNC2=O. The first-order chi connectivity index (χ1) is 6.73. The quantitative estimate of drug-likeness (QED) is 0.659. The van der Waals surface area contributed by atoms with E-state index in [-0.39, 0.29) is 5.91 Å². The van der Waals surface area contributed by atoms with E-state index in [0.717, 1.165) is 12.1 Å². The van der Waals surface area contributed by atoms with Gasteiger partial charge in [0.05, 0.1) is 0 Å². The molecular weight excluding hydrogens is 174 g/mol. The molecule has 0 unspecified atom stereocenters. The van der Waals surface area contributed by atoms with Crippen LogP contribution in [0.4, 0.5) is 0 Å². The number of hydrogen-bond donors (Lipinski definition) is 1. The Morgan fingerprint density at radius 2 is 2.14 bits per heavy atom. The Kier molecular flexibility index (Phi) is 1.37. The number of carbonyl (C=O) groups is 1. The van der Waals surface area contributed by atoms with Crippen LogP contribution in [0.1, 0.15) is 34.3 Å². The van der Waals surface area contributed by atoms with E-state index in [2.05, 4.69) is 18.3 Å². The number of rotatable bonds is 0. The molecule has 2 nitrogen and oxygen atoms in total. The number of carbonyl (C=O) groups excluding carboxylic acids is 1. The van der Waals surface area contributed by atoms with Gasteiger partial charge in [-0.05, 0) is 37.0 Å². The third-order valence-corrected chi connectivity index (χ3v) is 3.49. The molecule has 1 aliphatic heterocycles. The molecule has 72 valence electrons. The number of nitrogens with one attached hydrogen (secondary N) is 1. The largest absolute Gasteiger partial charge is 0.351 e. The standard InChI is InChI=1S/C12H13NO/c1-8-3-2-4-9-10(8)12(5-6-12)7-13-11(9)14/h2-4H,5-7H2,1H3,(H,13,14). The van der Waals surface area contributed by atoms with Crippen LogP contribution in [-0.4, -0.2) is 12.5 Å². The maximum Gasteiger partial charge on any atom is 0.251 e. The van der Waals surface area contributed by atoms with Gasteiger partial charge in [0.15, 0.2) is 0 Å². The van der Waals surface area contributed by atoms with Crippen LogP contribution >= 0.6 is 0 Å². The van der Waals surface area contributed by atoms with Gasteiger partial charge < -0.3 is 5.32 Å². The van der Waals surface area contributed by atoms with Crippen LogP contribution in [0.25, 0.3) is 0 Å². The molecule has 1 saturated carbocycles. The highest BCUT2D eigenvalue weighted by Crippen LogP contribution is 2.51. The minimum absolute atomic E-state index is 0.0984. The molecule has 1 fully saturated rings. The summed E-state index contributed by atoms with van der Waals surface area (Å²) in [5.41, 5.74) is 3.78. The first kappa shape index (κ1) is 8.04. The fourth-order valence-corrected chi connectivity index (χ4v) is 2.57. The van der Waals surface area contributed by atoms with Crippen molar-refractivity contribution in [3.8, 4) is 0 Å². The summed E-state index contributed by atoms with van der Waals surface area (Å²) >= 11 is 0. The lowest BCUT2D eigenvalue weighted by atomic mass is 9.84. The Balaban J connectivity index is 2.27. The van der Waals surface area contributed by atoms with E-state index in [1.165, 1.54) is 24.0 Å². The van der Waals surface area contributed by atoms with E-state index >= 15 is 0 Å². The molecule has 0 atom stereocenters. The lowest BCUT2D eigenvalue weighted by Crippen LogP contribution is -2.39. The molecule has 1 aliphatic carbocycles. The molecule has 2 aliphatic rings. The fraction of sp³-hybridized carbons (Fsp3) is 0.417. The summed E-state index contributed by atoms with van der Waals surface area (Å²) < 4.78 is 0. The summed E-state index contributed by atoms with van der Waals surface area (Å²) in [5, 5.41) is 2.98. The van der Waals surface area contributed by atoms with Crippen molar-refractivity contribution in [3.63, 3.8) is 0 Å². The van der Waals surface area contributed by atoms with Gasteiger partial charge >= 0.3 is 0 Å². The van der Waals surface area contributed by atoms with E-state index in [1.807, 2.05) is 12.1 Å². The monoisotopic (exact) mass is 187 g/mol. The van der Waals surface area contributed by atoms with Gasteiger partial charge in [-0.3, -0.25) is 4.79 Å². The van der Waals surface area contributed by atoms with Crippen molar-refractivity contribution in [2.24, 2.45) is 0 Å². The van der Waals surface area contributed by atoms with Crippen molar-refractivity contribution in [2.75, 3.05) is 6.54 Å². The first-order valence-electron chi connectivity index (χ1n) is 5.11. The lowest BCUT2D eigenvalue weighted by Gasteiger charge is -2.27. The normalized spacial score (nSPS) is 21.6. The molecule has 0 saturated heterocycles. The van der Waals surface area contributed by atoms with E-state index in [0.29, 0.717) is 5.41 Å². The molecule has 0 radical (unpaired) electrons. The summed E-state index contributed by atoms with van der Waals surface area (Å²) in [6.45, 7) is 2.95. The highest BCUT2D eigenvalue weighted by atomic mass is 16.1. The van der Waals surface area contributed by atoms with Gasteiger partial charge in [0.1, 0.15) is 0 Å². The number of aryl methyl sites for hydroxylation is 1. The third kappa shape index (κ3) is 0.884. The molecule has 0 aromatic heterocycles. The smallest absolute Gasteiger partial charge is 0.251 e. The minimum Gasteiger partial charge on any atom is -0.351 e. The predicted molar refractivity (Wildman–Crippen MR) is 54.4 cm³/mol. The number of hydrogen-bond acceptors (Lipinski definition) is 1. The molecule has 2 heteroatoms. The van der Waals surface area contributed by atoms with Crippen molar-refractivity contribution in [3.05, 3.63) is 34.9 Å². The maximum atomic E-state index is 11.6. The summed E-state index contributed by atoms with van der Waals surface area (Å²) in [5.74, 6) is 0.0984. The van der Waals surface area contributed by atoms with Crippen molar-refractivity contribution in [2.45, 2.75) is 25.2 Å². The molecular formula is C12H13NO. The van der Waals surface area contributed by atoms with Crippen molar-refractivity contribution < 1.29 is 4.79 Å². The second-order valence-corrected chi connectivity index (χ2v) is 4.46. The van der Waals surface area contributed by atoms with Crippen LogP contribution in [0.3, 0.4) is 0 Å². The Bertz CT molecular complexity index is 418. The predicted octanol–water partition coefficient (Wildman–Crippen LogP) is 1.77. The number of fused-ring (bicyclic) bond motifs is 2. The summed E-state index contributed by atoms with van der Waals surface area (Å²) in [6.07, 6.45) is 2.45. The van der Waals surface area contributed by atoms with Crippen LogP contribution in [-0.2, 0) is 5.41 Å². The summed E-state index contributed by atoms with van der Waals surface area (Å²) in [7, 11) is 0. The molecule has 1 amide bonds. The Morgan fingerprint density at radius 1 is 1.36 bits per heavy atom. The summed E-state index contributed by atoms with van der Waals surface area (Å²) in [6, 6.07) is 6.02. The van der Waals surface area contributed by atoms with Gasteiger partial charge in [0, 0.05) is 17.5 Å². The second kappa shape index (κ2) is 2.38. The molecule has 1 N–H and O–H groups in total. The first-order valence-corrected chi connectivity index (χ1v) is 5.11. The van der Waals surface area contributed by atoms with Gasteiger partial charge in [0.2, 0.25) is 0 Å². The fourth-order valence-electron chi connectivity index (χ4n) is 2.57. The number of benzene rings is 1. The summed E-state index contributed by atoms with van der Waals surface area (Å²) in [4.78, 5) is 11.6. The zero-order chi connectivity index (χ0) is 9.76. The van der Waals surface area contributed by atoms with Crippen LogP contribution in [0, 0.1) is 6.92 Å². The van der Waals surface area contributed by atoms with Gasteiger partial charge in [-0.1, -0.05) is 12.1 Å². The Morgan fingerprint density at radius 3 is 2.86 bits per heavy atom. The van der Waals surface area contributed by atoms with Gasteiger partial charge in [-0.25, -0.2) is 0 Å². The average Bonchev–Trinajstić information content (AvgIpc) is 2.93. The topological polar surface area (TPSA) is 29.1 Å². The highest BCUT2D eigenvalue weighted by molar-refractivity contribution is 5.98. The molecule has 0 bridgehead atoms. The molecule has 14 heavy (non-hydrogen) atoms. The van der Waals surface area contributed by atoms with Crippen LogP contribution < -0.4 is 5.32 Å². The molecule has 1 aromatic rings. The Hall–Kier alpha value is -1.31. The van der Waals surface area contributed by atoms with Gasteiger partial charge in [-0.15, -0.1) is 0 Å². The molecule has 1 heterocycles. The zero-order valence-electron chi connectivity index (χ0n) is 8.26. The molecule has 1 aromatic carbocycles. The highest BCUT2D eigenvalue weighted by Gasteiger charge is 2.49. The Labute approximate surface area is 83.3 Å².